The summed E-state index contributed by atoms with van der Waals surface area (Å²) in [6.45, 7) is 1.28. The standard InChI is InChI=1S/C24H21F5N4O3.C19H16F5N3O.C5H7NO3/c1-13(24(27,28)29)36-12-14-6-15(8-18(26)7-14)20-10-21(31-23(35)16-9-22(34)30-11-16)32-33(20)19-4-2-17(25)3-5-19;1-11(19(22,23)24)28-10-12-6-13(8-15(21)7-12)17-9-18(25)26-27(17)16-4-2-14(20)3-5-16;7-4-1-3(2-6-4)5(8)9/h2-8,10,13,16H,9,11-12H2,1H3,(H,30,34)(H,31,32,35);2-9,11H,10H2,1H3,(H2,25,26);3H,1-2H2,(H,6,7)(H,8,9)/t13-,16-;11-;3-/m111/s1. The summed E-state index contributed by atoms with van der Waals surface area (Å²) in [5.41, 5.74) is 8.25. The highest BCUT2D eigenvalue weighted by molar-refractivity contribution is 5.97. The Balaban J connectivity index is 0.000000207. The van der Waals surface area contributed by atoms with Gasteiger partial charge in [-0.2, -0.15) is 31.4 Å². The van der Waals surface area contributed by atoms with Crippen LogP contribution in [0.15, 0.2) is 97.1 Å². The molecule has 2 aromatic heterocycles. The van der Waals surface area contributed by atoms with Crippen molar-refractivity contribution in [1.82, 2.24) is 30.2 Å². The van der Waals surface area contributed by atoms with Crippen molar-refractivity contribution in [3.05, 3.63) is 131 Å². The van der Waals surface area contributed by atoms with Gasteiger partial charge in [-0.25, -0.2) is 26.9 Å². The van der Waals surface area contributed by atoms with Crippen molar-refractivity contribution in [2.24, 2.45) is 11.8 Å². The minimum atomic E-state index is -4.57. The maximum absolute atomic E-state index is 14.5. The largest absolute Gasteiger partial charge is 0.481 e. The Morgan fingerprint density at radius 3 is 1.48 bits per heavy atom. The molecule has 0 spiro atoms. The Morgan fingerprint density at radius 2 is 1.08 bits per heavy atom. The molecule has 0 radical (unpaired) electrons. The van der Waals surface area contributed by atoms with E-state index in [0.29, 0.717) is 22.6 Å². The fourth-order valence-electron chi connectivity index (χ4n) is 7.00. The molecule has 15 nitrogen and oxygen atoms in total. The molecule has 2 aliphatic rings. The predicted octanol–water partition coefficient (Wildman–Crippen LogP) is 8.43. The molecule has 2 saturated heterocycles. The van der Waals surface area contributed by atoms with E-state index in [4.69, 9.17) is 20.3 Å². The third-order valence-electron chi connectivity index (χ3n) is 10.9. The minimum absolute atomic E-state index is 0.0287. The highest BCUT2D eigenvalue weighted by Crippen LogP contribution is 2.32. The van der Waals surface area contributed by atoms with E-state index in [9.17, 15) is 63.1 Å². The second-order valence-electron chi connectivity index (χ2n) is 16.6. The third-order valence-corrected chi connectivity index (χ3v) is 10.9. The predicted molar refractivity (Wildman–Crippen MR) is 241 cm³/mol. The van der Waals surface area contributed by atoms with Crippen LogP contribution in [0.5, 0.6) is 0 Å². The summed E-state index contributed by atoms with van der Waals surface area (Å²) >= 11 is 0. The number of aromatic nitrogens is 4. The lowest BCUT2D eigenvalue weighted by Gasteiger charge is -2.16. The molecule has 73 heavy (non-hydrogen) atoms. The number of benzene rings is 4. The van der Waals surface area contributed by atoms with Crippen molar-refractivity contribution in [3.63, 3.8) is 0 Å². The maximum atomic E-state index is 14.5. The molecule has 4 aromatic carbocycles. The fraction of sp³-hybridized carbons (Fsp3) is 0.292. The van der Waals surface area contributed by atoms with Crippen LogP contribution in [-0.2, 0) is 41.9 Å². The van der Waals surface area contributed by atoms with Gasteiger partial charge in [-0.05, 0) is 110 Å². The number of hydrogen-bond acceptors (Lipinski definition) is 9. The first kappa shape index (κ1) is 54.5. The Kier molecular flexibility index (Phi) is 17.3. The zero-order valence-electron chi connectivity index (χ0n) is 38.3. The molecular formula is C48H44F10N8O7. The smallest absolute Gasteiger partial charge is 0.414 e. The second kappa shape index (κ2) is 23.2. The summed E-state index contributed by atoms with van der Waals surface area (Å²) in [5, 5.41) is 24.4. The number of hydrogen-bond donors (Lipinski definition) is 5. The zero-order chi connectivity index (χ0) is 53.4. The Hall–Kier alpha value is -7.80. The van der Waals surface area contributed by atoms with E-state index in [1.807, 2.05) is 0 Å². The average molecular weight is 1030 g/mol. The number of ether oxygens (including phenoxy) is 2. The van der Waals surface area contributed by atoms with Crippen LogP contribution in [0.4, 0.5) is 55.5 Å². The zero-order valence-corrected chi connectivity index (χ0v) is 38.3. The van der Waals surface area contributed by atoms with Crippen molar-refractivity contribution >= 4 is 35.3 Å². The number of carbonyl (C=O) groups excluding carboxylic acids is 3. The van der Waals surface area contributed by atoms with Gasteiger partial charge in [-0.15, -0.1) is 5.10 Å². The first-order valence-corrected chi connectivity index (χ1v) is 21.8. The van der Waals surface area contributed by atoms with Crippen LogP contribution < -0.4 is 21.7 Å². The van der Waals surface area contributed by atoms with Crippen LogP contribution in [0.3, 0.4) is 0 Å². The lowest BCUT2D eigenvalue weighted by molar-refractivity contribution is -0.217. The van der Waals surface area contributed by atoms with Gasteiger partial charge in [0.1, 0.15) is 29.1 Å². The maximum Gasteiger partial charge on any atom is 0.414 e. The molecule has 0 aliphatic carbocycles. The number of rotatable bonds is 13. The van der Waals surface area contributed by atoms with E-state index >= 15 is 0 Å². The molecule has 2 aliphatic heterocycles. The number of carboxylic acid groups (broad SMARTS) is 1. The molecule has 4 atom stereocenters. The molecular weight excluding hydrogens is 991 g/mol. The summed E-state index contributed by atoms with van der Waals surface area (Å²) < 4.78 is 144. The van der Waals surface area contributed by atoms with E-state index in [1.165, 1.54) is 88.2 Å². The van der Waals surface area contributed by atoms with Crippen molar-refractivity contribution in [3.8, 4) is 33.9 Å². The highest BCUT2D eigenvalue weighted by atomic mass is 19.4. The Bertz CT molecular complexity index is 2930. The summed E-state index contributed by atoms with van der Waals surface area (Å²) in [5.74, 6) is -4.92. The van der Waals surface area contributed by atoms with Gasteiger partial charge in [-0.3, -0.25) is 19.2 Å². The van der Waals surface area contributed by atoms with Gasteiger partial charge in [0.05, 0.1) is 47.8 Å². The molecule has 8 rings (SSSR count). The molecule has 388 valence electrons. The lowest BCUT2D eigenvalue weighted by atomic mass is 10.1. The van der Waals surface area contributed by atoms with E-state index < -0.39 is 84.8 Å². The molecule has 4 heterocycles. The monoisotopic (exact) mass is 1030 g/mol. The minimum Gasteiger partial charge on any atom is -0.481 e. The summed E-state index contributed by atoms with van der Waals surface area (Å²) in [7, 11) is 0. The number of carbonyl (C=O) groups is 4. The summed E-state index contributed by atoms with van der Waals surface area (Å²) in [6, 6.07) is 21.0. The SMILES string of the molecule is C[C@@H](OCc1cc(F)cc(-c2cc(N)nn2-c2ccc(F)cc2)c1)C(F)(F)F.C[C@@H](OCc1cc(F)cc(-c2cc(NC(=O)[C@H]3CNC(=O)C3)nn2-c2ccc(F)cc2)c1)C(F)(F)F.O=C1C[C@@H](C(=O)O)CN1. The van der Waals surface area contributed by atoms with Crippen molar-refractivity contribution < 1.29 is 77.7 Å². The number of alkyl halides is 6. The van der Waals surface area contributed by atoms with Gasteiger partial charge in [0.25, 0.3) is 0 Å². The molecule has 2 fully saturated rings. The van der Waals surface area contributed by atoms with E-state index in [0.717, 1.165) is 32.0 Å². The number of aliphatic carboxylic acids is 1. The Labute approximate surface area is 408 Å². The van der Waals surface area contributed by atoms with Crippen LogP contribution in [0.1, 0.15) is 37.8 Å². The quantitative estimate of drug-likeness (QED) is 0.0699. The molecule has 6 N–H and O–H groups in total. The average Bonchev–Trinajstić information content (AvgIpc) is 4.15. The fourth-order valence-corrected chi connectivity index (χ4v) is 7.00. The molecule has 0 bridgehead atoms. The van der Waals surface area contributed by atoms with Gasteiger partial charge in [0.15, 0.2) is 18.0 Å². The molecule has 6 aromatic rings. The number of nitrogens with one attached hydrogen (secondary N) is 3. The van der Waals surface area contributed by atoms with Crippen LogP contribution in [0, 0.1) is 35.1 Å². The number of nitrogens with zero attached hydrogens (tertiary/aromatic N) is 4. The number of amides is 3. The van der Waals surface area contributed by atoms with Crippen LogP contribution >= 0.6 is 0 Å². The van der Waals surface area contributed by atoms with E-state index in [-0.39, 0.29) is 71.8 Å². The van der Waals surface area contributed by atoms with Gasteiger partial charge >= 0.3 is 18.3 Å². The molecule has 3 amide bonds. The third kappa shape index (κ3) is 15.1. The van der Waals surface area contributed by atoms with Crippen molar-refractivity contribution in [2.75, 3.05) is 24.1 Å². The number of anilines is 2. The molecule has 0 saturated carbocycles. The van der Waals surface area contributed by atoms with Crippen LogP contribution in [-0.4, -0.2) is 86.0 Å². The van der Waals surface area contributed by atoms with E-state index in [2.05, 4.69) is 26.1 Å². The van der Waals surface area contributed by atoms with Gasteiger partial charge < -0.3 is 36.3 Å². The lowest BCUT2D eigenvalue weighted by Crippen LogP contribution is -2.28. The van der Waals surface area contributed by atoms with Crippen LogP contribution in [0.2, 0.25) is 0 Å². The summed E-state index contributed by atoms with van der Waals surface area (Å²) in [4.78, 5) is 44.5. The van der Waals surface area contributed by atoms with Gasteiger partial charge in [-0.1, -0.05) is 0 Å². The number of halogens is 10. The number of nitrogen functional groups attached to an aromatic ring is 1. The normalized spacial score (nSPS) is 16.3. The highest BCUT2D eigenvalue weighted by Gasteiger charge is 2.38. The van der Waals surface area contributed by atoms with Gasteiger partial charge in [0, 0.05) is 49.2 Å². The van der Waals surface area contributed by atoms with Crippen LogP contribution in [0.25, 0.3) is 33.9 Å². The van der Waals surface area contributed by atoms with Crippen molar-refractivity contribution in [1.29, 1.82) is 0 Å². The topological polar surface area (TPSA) is 205 Å². The van der Waals surface area contributed by atoms with Gasteiger partial charge in [0.2, 0.25) is 17.7 Å². The first-order chi connectivity index (χ1) is 34.3. The summed E-state index contributed by atoms with van der Waals surface area (Å²) in [6.07, 6.45) is -12.9. The molecule has 25 heteroatoms. The second-order valence-corrected chi connectivity index (χ2v) is 16.6. The Morgan fingerprint density at radius 1 is 0.658 bits per heavy atom. The number of nitrogens with two attached hydrogens (primary N) is 1. The molecule has 0 unspecified atom stereocenters. The van der Waals surface area contributed by atoms with Crippen molar-refractivity contribution in [2.45, 2.75) is 64.5 Å². The first-order valence-electron chi connectivity index (χ1n) is 21.8. The number of carboxylic acids is 1. The van der Waals surface area contributed by atoms with E-state index in [1.54, 1.807) is 0 Å².